The summed E-state index contributed by atoms with van der Waals surface area (Å²) in [6.07, 6.45) is 2.73. The normalized spacial score (nSPS) is 19.0. The summed E-state index contributed by atoms with van der Waals surface area (Å²) < 4.78 is 0. The molecule has 1 aliphatic rings. The van der Waals surface area contributed by atoms with E-state index in [9.17, 15) is 0 Å². The largest absolute Gasteiger partial charge is 0.325 e. The lowest BCUT2D eigenvalue weighted by Gasteiger charge is -2.46. The number of rotatable bonds is 5. The summed E-state index contributed by atoms with van der Waals surface area (Å²) in [5, 5.41) is 0. The van der Waals surface area contributed by atoms with Gasteiger partial charge in [0.2, 0.25) is 0 Å². The van der Waals surface area contributed by atoms with Gasteiger partial charge in [-0.3, -0.25) is 4.90 Å². The summed E-state index contributed by atoms with van der Waals surface area (Å²) in [6.45, 7) is 8.98. The van der Waals surface area contributed by atoms with Crippen molar-refractivity contribution in [1.29, 1.82) is 0 Å². The fourth-order valence-electron chi connectivity index (χ4n) is 3.53. The first-order valence-electron chi connectivity index (χ1n) is 9.02. The van der Waals surface area contributed by atoms with E-state index in [1.807, 2.05) is 0 Å². The van der Waals surface area contributed by atoms with Crippen molar-refractivity contribution in [2.75, 3.05) is 18.0 Å². The monoisotopic (exact) mass is 320 g/mol. The lowest BCUT2D eigenvalue weighted by molar-refractivity contribution is 0.197. The van der Waals surface area contributed by atoms with Crippen molar-refractivity contribution < 1.29 is 0 Å². The molecular formula is C22H28N2. The summed E-state index contributed by atoms with van der Waals surface area (Å²) >= 11 is 0. The molecule has 0 aliphatic carbocycles. The zero-order valence-corrected chi connectivity index (χ0v) is 15.1. The van der Waals surface area contributed by atoms with Gasteiger partial charge in [0.25, 0.3) is 0 Å². The molecule has 0 amide bonds. The SMILES string of the molecule is CCCCN1CC(C)=C(C)N(c2ccccc2)C1c1ccccc1. The Kier molecular flexibility index (Phi) is 5.37. The van der Waals surface area contributed by atoms with E-state index < -0.39 is 0 Å². The summed E-state index contributed by atoms with van der Waals surface area (Å²) in [4.78, 5) is 5.12. The molecule has 1 atom stereocenters. The van der Waals surface area contributed by atoms with Crippen molar-refractivity contribution in [3.05, 3.63) is 77.5 Å². The minimum absolute atomic E-state index is 0.267. The van der Waals surface area contributed by atoms with Gasteiger partial charge in [0.1, 0.15) is 6.17 Å². The van der Waals surface area contributed by atoms with Gasteiger partial charge in [0.15, 0.2) is 0 Å². The van der Waals surface area contributed by atoms with Crippen LogP contribution in [0.2, 0.25) is 0 Å². The van der Waals surface area contributed by atoms with Gasteiger partial charge in [-0.1, -0.05) is 61.9 Å². The molecule has 0 fully saturated rings. The van der Waals surface area contributed by atoms with E-state index in [2.05, 4.69) is 91.2 Å². The second kappa shape index (κ2) is 7.67. The van der Waals surface area contributed by atoms with Crippen LogP contribution >= 0.6 is 0 Å². The number of hydrogen-bond donors (Lipinski definition) is 0. The molecule has 1 heterocycles. The molecule has 0 radical (unpaired) electrons. The summed E-state index contributed by atoms with van der Waals surface area (Å²) in [7, 11) is 0. The third-order valence-electron chi connectivity index (χ3n) is 4.94. The third kappa shape index (κ3) is 3.39. The van der Waals surface area contributed by atoms with Gasteiger partial charge in [-0.25, -0.2) is 0 Å². The average Bonchev–Trinajstić information content (AvgIpc) is 2.63. The molecule has 0 saturated carbocycles. The van der Waals surface area contributed by atoms with Crippen LogP contribution in [0.3, 0.4) is 0 Å². The Morgan fingerprint density at radius 2 is 1.54 bits per heavy atom. The highest BCUT2D eigenvalue weighted by atomic mass is 15.4. The van der Waals surface area contributed by atoms with E-state index in [0.29, 0.717) is 0 Å². The number of para-hydroxylation sites is 1. The van der Waals surface area contributed by atoms with Crippen molar-refractivity contribution in [3.63, 3.8) is 0 Å². The molecule has 0 aromatic heterocycles. The van der Waals surface area contributed by atoms with Crippen molar-refractivity contribution in [2.24, 2.45) is 0 Å². The maximum Gasteiger partial charge on any atom is 0.113 e. The number of nitrogens with zero attached hydrogens (tertiary/aromatic N) is 2. The van der Waals surface area contributed by atoms with E-state index in [1.54, 1.807) is 0 Å². The third-order valence-corrected chi connectivity index (χ3v) is 4.94. The summed E-state index contributed by atoms with van der Waals surface area (Å²) in [5.74, 6) is 0. The van der Waals surface area contributed by atoms with E-state index in [-0.39, 0.29) is 6.17 Å². The van der Waals surface area contributed by atoms with Crippen LogP contribution in [0.4, 0.5) is 5.69 Å². The lowest BCUT2D eigenvalue weighted by Crippen LogP contribution is -2.46. The highest BCUT2D eigenvalue weighted by molar-refractivity contribution is 5.56. The van der Waals surface area contributed by atoms with Crippen molar-refractivity contribution >= 4 is 5.69 Å². The molecule has 3 rings (SSSR count). The van der Waals surface area contributed by atoms with Crippen LogP contribution in [-0.4, -0.2) is 18.0 Å². The molecule has 0 bridgehead atoms. The van der Waals surface area contributed by atoms with Crippen LogP contribution in [-0.2, 0) is 0 Å². The second-order valence-electron chi connectivity index (χ2n) is 6.68. The van der Waals surface area contributed by atoms with E-state index in [1.165, 1.54) is 35.4 Å². The fraction of sp³-hybridized carbons (Fsp3) is 0.364. The first-order valence-corrected chi connectivity index (χ1v) is 9.02. The van der Waals surface area contributed by atoms with Gasteiger partial charge in [-0.05, 0) is 43.5 Å². The predicted octanol–water partition coefficient (Wildman–Crippen LogP) is 5.60. The minimum Gasteiger partial charge on any atom is -0.325 e. The number of anilines is 1. The first kappa shape index (κ1) is 16.8. The Morgan fingerprint density at radius 3 is 2.17 bits per heavy atom. The maximum atomic E-state index is 2.62. The predicted molar refractivity (Wildman–Crippen MR) is 103 cm³/mol. The van der Waals surface area contributed by atoms with Gasteiger partial charge in [0, 0.05) is 24.5 Å². The van der Waals surface area contributed by atoms with E-state index >= 15 is 0 Å². The van der Waals surface area contributed by atoms with Gasteiger partial charge in [-0.15, -0.1) is 0 Å². The molecular weight excluding hydrogens is 292 g/mol. The molecule has 2 heteroatoms. The zero-order valence-electron chi connectivity index (χ0n) is 15.1. The first-order chi connectivity index (χ1) is 11.7. The highest BCUT2D eigenvalue weighted by Crippen LogP contribution is 2.38. The lowest BCUT2D eigenvalue weighted by atomic mass is 10.0. The number of benzene rings is 2. The Hall–Kier alpha value is -2.06. The molecule has 2 nitrogen and oxygen atoms in total. The Balaban J connectivity index is 2.07. The van der Waals surface area contributed by atoms with Crippen molar-refractivity contribution in [1.82, 2.24) is 4.90 Å². The van der Waals surface area contributed by atoms with Crippen LogP contribution in [0.15, 0.2) is 71.9 Å². The highest BCUT2D eigenvalue weighted by Gasteiger charge is 2.32. The molecule has 2 aromatic carbocycles. The van der Waals surface area contributed by atoms with Crippen molar-refractivity contribution in [3.8, 4) is 0 Å². The molecule has 0 N–H and O–H groups in total. The molecule has 24 heavy (non-hydrogen) atoms. The number of hydrogen-bond acceptors (Lipinski definition) is 2. The summed E-state index contributed by atoms with van der Waals surface area (Å²) in [5.41, 5.74) is 5.47. The molecule has 0 spiro atoms. The van der Waals surface area contributed by atoms with E-state index in [4.69, 9.17) is 0 Å². The quantitative estimate of drug-likeness (QED) is 0.707. The molecule has 0 saturated heterocycles. The van der Waals surface area contributed by atoms with Crippen LogP contribution in [0.25, 0.3) is 0 Å². The molecule has 1 unspecified atom stereocenters. The Labute approximate surface area is 146 Å². The topological polar surface area (TPSA) is 6.48 Å². The van der Waals surface area contributed by atoms with Gasteiger partial charge >= 0.3 is 0 Å². The number of unbranched alkanes of at least 4 members (excludes halogenated alkanes) is 1. The second-order valence-corrected chi connectivity index (χ2v) is 6.68. The van der Waals surface area contributed by atoms with Crippen LogP contribution in [0.5, 0.6) is 0 Å². The van der Waals surface area contributed by atoms with Crippen molar-refractivity contribution in [2.45, 2.75) is 39.8 Å². The van der Waals surface area contributed by atoms with Gasteiger partial charge < -0.3 is 4.90 Å². The van der Waals surface area contributed by atoms with Crippen LogP contribution in [0.1, 0.15) is 45.3 Å². The summed E-state index contributed by atoms with van der Waals surface area (Å²) in [6, 6.07) is 21.7. The van der Waals surface area contributed by atoms with E-state index in [0.717, 1.165) is 13.1 Å². The van der Waals surface area contributed by atoms with Crippen LogP contribution < -0.4 is 4.90 Å². The molecule has 126 valence electrons. The molecule has 1 aliphatic heterocycles. The van der Waals surface area contributed by atoms with Gasteiger partial charge in [0.05, 0.1) is 0 Å². The maximum absolute atomic E-state index is 2.62. The Bertz CT molecular complexity index is 676. The Morgan fingerprint density at radius 1 is 0.917 bits per heavy atom. The minimum atomic E-state index is 0.267. The standard InChI is InChI=1S/C22H28N2/c1-4-5-16-23-17-18(2)19(3)24(21-14-10-7-11-15-21)22(23)20-12-8-6-9-13-20/h6-15,22H,4-5,16-17H2,1-3H3. The molecule has 2 aromatic rings. The number of allylic oxidation sites excluding steroid dienone is 1. The van der Waals surface area contributed by atoms with Crippen LogP contribution in [0, 0.1) is 0 Å². The smallest absolute Gasteiger partial charge is 0.113 e. The zero-order chi connectivity index (χ0) is 16.9. The average molecular weight is 320 g/mol. The fourth-order valence-corrected chi connectivity index (χ4v) is 3.53. The van der Waals surface area contributed by atoms with Gasteiger partial charge in [-0.2, -0.15) is 0 Å².